The fourth-order valence-corrected chi connectivity index (χ4v) is 6.24. The van der Waals surface area contributed by atoms with Crippen LogP contribution in [0.2, 0.25) is 0 Å². The van der Waals surface area contributed by atoms with Crippen LogP contribution in [0.15, 0.2) is 84.4 Å². The molecule has 0 radical (unpaired) electrons. The highest BCUT2D eigenvalue weighted by molar-refractivity contribution is 5.88. The van der Waals surface area contributed by atoms with Crippen LogP contribution in [0.25, 0.3) is 6.08 Å². The van der Waals surface area contributed by atoms with Crippen LogP contribution in [0.4, 0.5) is 13.2 Å². The number of aromatic carboxylic acids is 1. The van der Waals surface area contributed by atoms with Crippen LogP contribution in [-0.4, -0.2) is 28.0 Å². The summed E-state index contributed by atoms with van der Waals surface area (Å²) in [6.07, 6.45) is -2.32. The molecule has 3 nitrogen and oxygen atoms in total. The minimum Gasteiger partial charge on any atom is -0.478 e. The Bertz CT molecular complexity index is 1300. The van der Waals surface area contributed by atoms with E-state index in [4.69, 9.17) is 0 Å². The first-order valence-electron chi connectivity index (χ1n) is 12.1. The smallest absolute Gasteiger partial charge is 0.421 e. The summed E-state index contributed by atoms with van der Waals surface area (Å²) in [6.45, 7) is 0. The second kappa shape index (κ2) is 8.93. The van der Waals surface area contributed by atoms with Crippen molar-refractivity contribution >= 4 is 12.0 Å². The van der Waals surface area contributed by atoms with Gasteiger partial charge in [-0.1, -0.05) is 72.8 Å². The molecule has 0 spiro atoms. The summed E-state index contributed by atoms with van der Waals surface area (Å²) in [5.41, 5.74) is -0.173. The van der Waals surface area contributed by atoms with E-state index >= 15 is 0 Å². The number of carboxylic acids is 1. The van der Waals surface area contributed by atoms with E-state index in [-0.39, 0.29) is 17.6 Å². The molecular weight excluding hydrogens is 465 g/mol. The van der Waals surface area contributed by atoms with Crippen molar-refractivity contribution in [2.45, 2.75) is 49.3 Å². The van der Waals surface area contributed by atoms with Crippen LogP contribution in [0.5, 0.6) is 0 Å². The van der Waals surface area contributed by atoms with Gasteiger partial charge in [-0.3, -0.25) is 0 Å². The zero-order chi connectivity index (χ0) is 25.6. The van der Waals surface area contributed by atoms with Crippen molar-refractivity contribution in [1.29, 1.82) is 0 Å². The lowest BCUT2D eigenvalue weighted by molar-refractivity contribution is -0.258. The van der Waals surface area contributed by atoms with E-state index in [1.807, 2.05) is 30.3 Å². The SMILES string of the molecule is O=C(O)c1ccc2c(c1)CC[C@@H]1C[C@@](O)(C(F)(F)F)C(=Cc3ccccc3)C[C@@]21Cc1ccccc1. The molecule has 2 aliphatic carbocycles. The summed E-state index contributed by atoms with van der Waals surface area (Å²) in [7, 11) is 0. The van der Waals surface area contributed by atoms with Crippen molar-refractivity contribution in [3.63, 3.8) is 0 Å². The van der Waals surface area contributed by atoms with Gasteiger partial charge < -0.3 is 10.2 Å². The molecule has 0 amide bonds. The van der Waals surface area contributed by atoms with Gasteiger partial charge in [0.15, 0.2) is 5.60 Å². The van der Waals surface area contributed by atoms with E-state index in [1.165, 1.54) is 6.08 Å². The second-order valence-electron chi connectivity index (χ2n) is 10.1. The molecule has 186 valence electrons. The summed E-state index contributed by atoms with van der Waals surface area (Å²) >= 11 is 0. The van der Waals surface area contributed by atoms with E-state index in [9.17, 15) is 28.2 Å². The molecule has 3 atom stereocenters. The van der Waals surface area contributed by atoms with E-state index < -0.39 is 35.5 Å². The Morgan fingerprint density at radius 3 is 2.31 bits per heavy atom. The Balaban J connectivity index is 1.71. The van der Waals surface area contributed by atoms with Crippen LogP contribution >= 0.6 is 0 Å². The van der Waals surface area contributed by atoms with Gasteiger partial charge in [0.2, 0.25) is 0 Å². The molecule has 0 unspecified atom stereocenters. The monoisotopic (exact) mass is 492 g/mol. The molecule has 1 fully saturated rings. The molecule has 6 heteroatoms. The quantitative estimate of drug-likeness (QED) is 0.432. The zero-order valence-corrected chi connectivity index (χ0v) is 19.6. The van der Waals surface area contributed by atoms with Crippen LogP contribution in [0.1, 0.15) is 51.9 Å². The molecule has 0 saturated heterocycles. The number of hydrogen-bond acceptors (Lipinski definition) is 2. The molecule has 0 aliphatic heterocycles. The van der Waals surface area contributed by atoms with E-state index in [0.717, 1.165) is 16.7 Å². The normalized spacial score (nSPS) is 26.8. The highest BCUT2D eigenvalue weighted by Crippen LogP contribution is 2.59. The van der Waals surface area contributed by atoms with Crippen LogP contribution in [-0.2, 0) is 18.3 Å². The van der Waals surface area contributed by atoms with Crippen molar-refractivity contribution in [3.8, 4) is 0 Å². The van der Waals surface area contributed by atoms with Gasteiger partial charge in [-0.2, -0.15) is 13.2 Å². The number of rotatable bonds is 4. The number of aliphatic hydroxyl groups is 1. The minimum absolute atomic E-state index is 0.0247. The van der Waals surface area contributed by atoms with Crippen molar-refractivity contribution in [1.82, 2.24) is 0 Å². The fourth-order valence-electron chi connectivity index (χ4n) is 6.24. The first kappa shape index (κ1) is 24.3. The fraction of sp³-hybridized carbons (Fsp3) is 0.300. The van der Waals surface area contributed by atoms with Crippen molar-refractivity contribution in [2.75, 3.05) is 0 Å². The molecule has 3 aromatic rings. The van der Waals surface area contributed by atoms with Crippen LogP contribution in [0.3, 0.4) is 0 Å². The number of aryl methyl sites for hydroxylation is 1. The lowest BCUT2D eigenvalue weighted by Gasteiger charge is -2.54. The zero-order valence-electron chi connectivity index (χ0n) is 19.6. The van der Waals surface area contributed by atoms with Gasteiger partial charge in [0, 0.05) is 5.41 Å². The summed E-state index contributed by atoms with van der Waals surface area (Å²) in [5, 5.41) is 20.8. The number of halogens is 3. The number of hydrogen-bond donors (Lipinski definition) is 2. The Morgan fingerprint density at radius 2 is 1.67 bits per heavy atom. The highest BCUT2D eigenvalue weighted by Gasteiger charge is 2.63. The molecule has 36 heavy (non-hydrogen) atoms. The summed E-state index contributed by atoms with van der Waals surface area (Å²) in [5.74, 6) is -1.46. The third-order valence-electron chi connectivity index (χ3n) is 7.98. The lowest BCUT2D eigenvalue weighted by Crippen LogP contribution is -2.58. The Hall–Kier alpha value is -3.38. The standard InChI is InChI=1S/C30H27F3O3/c31-30(32,33)29(36)19-24-13-11-22-16-23(27(34)35)12-14-26(22)28(24,17-21-9-5-2-6-10-21)18-25(29)15-20-7-3-1-4-8-20/h1-10,12,14-16,24,36H,11,13,17-19H2,(H,34,35)/t24-,28-,29+/m1/s1. The van der Waals surface area contributed by atoms with Gasteiger partial charge in [0.05, 0.1) is 5.56 Å². The van der Waals surface area contributed by atoms with Gasteiger partial charge in [0.25, 0.3) is 0 Å². The number of fused-ring (bicyclic) bond motifs is 3. The molecular formula is C30H27F3O3. The average Bonchev–Trinajstić information content (AvgIpc) is 2.85. The van der Waals surface area contributed by atoms with E-state index in [0.29, 0.717) is 24.8 Å². The summed E-state index contributed by atoms with van der Waals surface area (Å²) in [6, 6.07) is 23.4. The van der Waals surface area contributed by atoms with Crippen LogP contribution in [0, 0.1) is 5.92 Å². The van der Waals surface area contributed by atoms with Gasteiger partial charge in [-0.15, -0.1) is 0 Å². The molecule has 1 saturated carbocycles. The second-order valence-corrected chi connectivity index (χ2v) is 10.1. The molecule has 2 N–H and O–H groups in total. The summed E-state index contributed by atoms with van der Waals surface area (Å²) in [4.78, 5) is 11.6. The number of carboxylic acid groups (broad SMARTS) is 1. The first-order valence-corrected chi connectivity index (χ1v) is 12.1. The lowest BCUT2D eigenvalue weighted by atomic mass is 9.51. The predicted molar refractivity (Wildman–Crippen MR) is 132 cm³/mol. The van der Waals surface area contributed by atoms with Gasteiger partial charge >= 0.3 is 12.1 Å². The molecule has 2 aliphatic rings. The minimum atomic E-state index is -4.82. The molecule has 0 bridgehead atoms. The highest BCUT2D eigenvalue weighted by atomic mass is 19.4. The van der Waals surface area contributed by atoms with Gasteiger partial charge in [0.1, 0.15) is 0 Å². The van der Waals surface area contributed by atoms with E-state index in [2.05, 4.69) is 0 Å². The van der Waals surface area contributed by atoms with Crippen molar-refractivity contribution in [3.05, 3.63) is 112 Å². The Morgan fingerprint density at radius 1 is 1.00 bits per heavy atom. The largest absolute Gasteiger partial charge is 0.478 e. The maximum absolute atomic E-state index is 14.5. The third-order valence-corrected chi connectivity index (χ3v) is 7.98. The maximum Gasteiger partial charge on any atom is 0.421 e. The molecule has 0 aromatic heterocycles. The summed E-state index contributed by atoms with van der Waals surface area (Å²) < 4.78 is 43.4. The number of carbonyl (C=O) groups is 1. The van der Waals surface area contributed by atoms with Crippen LogP contribution < -0.4 is 0 Å². The molecule has 3 aromatic carbocycles. The molecule has 0 heterocycles. The predicted octanol–water partition coefficient (Wildman–Crippen LogP) is 6.60. The maximum atomic E-state index is 14.5. The van der Waals surface area contributed by atoms with Gasteiger partial charge in [-0.25, -0.2) is 4.79 Å². The number of alkyl halides is 3. The van der Waals surface area contributed by atoms with Crippen molar-refractivity contribution < 1.29 is 28.2 Å². The Kier molecular flexibility index (Phi) is 6.03. The third kappa shape index (κ3) is 4.13. The average molecular weight is 493 g/mol. The first-order chi connectivity index (χ1) is 17.1. The number of benzene rings is 3. The van der Waals surface area contributed by atoms with Crippen molar-refractivity contribution in [2.24, 2.45) is 5.92 Å². The Labute approximate surface area is 207 Å². The van der Waals surface area contributed by atoms with E-state index in [1.54, 1.807) is 48.5 Å². The topological polar surface area (TPSA) is 57.5 Å². The molecule has 5 rings (SSSR count). The van der Waals surface area contributed by atoms with Gasteiger partial charge in [-0.05, 0) is 78.0 Å².